The maximum Gasteiger partial charge on any atom is 0.224 e. The highest BCUT2D eigenvalue weighted by molar-refractivity contribution is 5.78. The number of nitrogens with two attached hydrogens (primary N) is 1. The van der Waals surface area contributed by atoms with E-state index >= 15 is 0 Å². The topological polar surface area (TPSA) is 55.1 Å². The summed E-state index contributed by atoms with van der Waals surface area (Å²) in [7, 11) is 0. The van der Waals surface area contributed by atoms with Gasteiger partial charge in [0.2, 0.25) is 5.91 Å². The highest BCUT2D eigenvalue weighted by atomic mass is 19.1. The zero-order valence-corrected chi connectivity index (χ0v) is 9.37. The van der Waals surface area contributed by atoms with Gasteiger partial charge in [-0.25, -0.2) is 4.39 Å². The van der Waals surface area contributed by atoms with Crippen LogP contribution in [0.1, 0.15) is 18.9 Å². The van der Waals surface area contributed by atoms with Crippen LogP contribution in [0.2, 0.25) is 0 Å². The molecule has 0 aliphatic rings. The minimum absolute atomic E-state index is 0.0374. The summed E-state index contributed by atoms with van der Waals surface area (Å²) in [6.45, 7) is 2.39. The van der Waals surface area contributed by atoms with Crippen LogP contribution in [0.25, 0.3) is 0 Å². The molecule has 0 aliphatic carbocycles. The minimum Gasteiger partial charge on any atom is -0.354 e. The first-order valence-corrected chi connectivity index (χ1v) is 5.39. The summed E-state index contributed by atoms with van der Waals surface area (Å²) in [5.74, 6) is -0.550. The largest absolute Gasteiger partial charge is 0.354 e. The maximum absolute atomic E-state index is 13.2. The number of rotatable bonds is 5. The molecule has 4 heteroatoms. The third kappa shape index (κ3) is 3.98. The molecule has 1 amide bonds. The van der Waals surface area contributed by atoms with Crippen molar-refractivity contribution in [1.29, 1.82) is 0 Å². The van der Waals surface area contributed by atoms with E-state index in [9.17, 15) is 9.18 Å². The molecule has 88 valence electrons. The summed E-state index contributed by atoms with van der Waals surface area (Å²) in [4.78, 5) is 11.5. The molecule has 0 fully saturated rings. The van der Waals surface area contributed by atoms with E-state index in [-0.39, 0.29) is 24.2 Å². The minimum atomic E-state index is -0.350. The van der Waals surface area contributed by atoms with E-state index in [1.807, 2.05) is 6.92 Å². The van der Waals surface area contributed by atoms with Crippen molar-refractivity contribution < 1.29 is 9.18 Å². The van der Waals surface area contributed by atoms with Crippen molar-refractivity contribution in [2.45, 2.75) is 25.8 Å². The van der Waals surface area contributed by atoms with Gasteiger partial charge in [-0.1, -0.05) is 25.1 Å². The van der Waals surface area contributed by atoms with Crippen LogP contribution in [-0.4, -0.2) is 18.5 Å². The molecule has 0 saturated carbocycles. The molecule has 1 rings (SSSR count). The third-order valence-corrected chi connectivity index (χ3v) is 2.39. The number of carbonyl (C=O) groups excluding carboxylic acids is 1. The lowest BCUT2D eigenvalue weighted by molar-refractivity contribution is -0.120. The Morgan fingerprint density at radius 2 is 2.19 bits per heavy atom. The number of hydrogen-bond acceptors (Lipinski definition) is 2. The van der Waals surface area contributed by atoms with Crippen LogP contribution >= 0.6 is 0 Å². The first-order valence-electron chi connectivity index (χ1n) is 5.39. The fourth-order valence-corrected chi connectivity index (χ4v) is 1.27. The van der Waals surface area contributed by atoms with Gasteiger partial charge in [-0.15, -0.1) is 0 Å². The molecule has 0 aromatic heterocycles. The summed E-state index contributed by atoms with van der Waals surface area (Å²) in [6, 6.07) is 6.23. The van der Waals surface area contributed by atoms with E-state index in [1.54, 1.807) is 18.2 Å². The molecule has 3 N–H and O–H groups in total. The molecular weight excluding hydrogens is 207 g/mol. The van der Waals surface area contributed by atoms with Crippen LogP contribution in [0.15, 0.2) is 24.3 Å². The molecule has 0 saturated heterocycles. The number of nitrogens with one attached hydrogen (secondary N) is 1. The Labute approximate surface area is 94.8 Å². The van der Waals surface area contributed by atoms with Crippen molar-refractivity contribution >= 4 is 5.91 Å². The summed E-state index contributed by atoms with van der Waals surface area (Å²) in [6.07, 6.45) is 0.864. The van der Waals surface area contributed by atoms with Crippen molar-refractivity contribution in [2.24, 2.45) is 5.73 Å². The number of carbonyl (C=O) groups is 1. The molecular formula is C12H17FN2O. The first-order chi connectivity index (χ1) is 7.63. The van der Waals surface area contributed by atoms with Crippen LogP contribution in [0.4, 0.5) is 4.39 Å². The van der Waals surface area contributed by atoms with Gasteiger partial charge in [0.1, 0.15) is 5.82 Å². The summed E-state index contributed by atoms with van der Waals surface area (Å²) < 4.78 is 13.2. The van der Waals surface area contributed by atoms with Gasteiger partial charge < -0.3 is 11.1 Å². The Morgan fingerprint density at radius 1 is 1.50 bits per heavy atom. The molecule has 3 nitrogen and oxygen atoms in total. The molecule has 0 radical (unpaired) electrons. The van der Waals surface area contributed by atoms with Crippen LogP contribution in [0.3, 0.4) is 0 Å². The number of amides is 1. The van der Waals surface area contributed by atoms with Gasteiger partial charge in [-0.05, 0) is 18.1 Å². The summed E-state index contributed by atoms with van der Waals surface area (Å²) in [5, 5.41) is 2.68. The van der Waals surface area contributed by atoms with Crippen molar-refractivity contribution in [3.8, 4) is 0 Å². The van der Waals surface area contributed by atoms with E-state index in [0.29, 0.717) is 12.1 Å². The lowest BCUT2D eigenvalue weighted by atomic mass is 10.1. The van der Waals surface area contributed by atoms with E-state index in [2.05, 4.69) is 5.32 Å². The molecule has 0 heterocycles. The average molecular weight is 224 g/mol. The molecule has 0 bridgehead atoms. The molecule has 1 unspecified atom stereocenters. The summed E-state index contributed by atoms with van der Waals surface area (Å²) >= 11 is 0. The van der Waals surface area contributed by atoms with Crippen molar-refractivity contribution in [3.63, 3.8) is 0 Å². The van der Waals surface area contributed by atoms with Gasteiger partial charge in [0, 0.05) is 12.6 Å². The van der Waals surface area contributed by atoms with Crippen LogP contribution < -0.4 is 11.1 Å². The molecule has 16 heavy (non-hydrogen) atoms. The predicted octanol–water partition coefficient (Wildman–Crippen LogP) is 1.22. The number of hydrogen-bond donors (Lipinski definition) is 2. The Balaban J connectivity index is 2.43. The fourth-order valence-electron chi connectivity index (χ4n) is 1.27. The van der Waals surface area contributed by atoms with Crippen molar-refractivity contribution in [1.82, 2.24) is 5.32 Å². The Morgan fingerprint density at radius 3 is 2.81 bits per heavy atom. The average Bonchev–Trinajstić information content (AvgIpc) is 2.29. The standard InChI is InChI=1S/C12H17FN2O/c1-2-10(14)8-15-12(16)7-9-5-3-4-6-11(9)13/h3-6,10H,2,7-8,14H2,1H3,(H,15,16). The highest BCUT2D eigenvalue weighted by Crippen LogP contribution is 2.06. The van der Waals surface area contributed by atoms with E-state index < -0.39 is 0 Å². The normalized spacial score (nSPS) is 12.2. The lowest BCUT2D eigenvalue weighted by Crippen LogP contribution is -2.37. The number of benzene rings is 1. The lowest BCUT2D eigenvalue weighted by Gasteiger charge is -2.10. The Bertz CT molecular complexity index is 355. The van der Waals surface area contributed by atoms with Gasteiger partial charge >= 0.3 is 0 Å². The molecule has 0 aliphatic heterocycles. The van der Waals surface area contributed by atoms with Crippen LogP contribution in [0, 0.1) is 5.82 Å². The second-order valence-corrected chi connectivity index (χ2v) is 3.74. The molecule has 0 spiro atoms. The van der Waals surface area contributed by atoms with E-state index in [4.69, 9.17) is 5.73 Å². The van der Waals surface area contributed by atoms with E-state index in [0.717, 1.165) is 6.42 Å². The van der Waals surface area contributed by atoms with Crippen molar-refractivity contribution in [3.05, 3.63) is 35.6 Å². The SMILES string of the molecule is CCC(N)CNC(=O)Cc1ccccc1F. The highest BCUT2D eigenvalue weighted by Gasteiger charge is 2.08. The smallest absolute Gasteiger partial charge is 0.224 e. The second kappa shape index (κ2) is 6.23. The van der Waals surface area contributed by atoms with Gasteiger partial charge in [0.25, 0.3) is 0 Å². The zero-order chi connectivity index (χ0) is 12.0. The zero-order valence-electron chi connectivity index (χ0n) is 9.37. The summed E-state index contributed by atoms with van der Waals surface area (Å²) in [5.41, 5.74) is 6.06. The molecule has 1 aromatic carbocycles. The monoisotopic (exact) mass is 224 g/mol. The van der Waals surface area contributed by atoms with Gasteiger partial charge in [-0.3, -0.25) is 4.79 Å². The van der Waals surface area contributed by atoms with Crippen LogP contribution in [-0.2, 0) is 11.2 Å². The van der Waals surface area contributed by atoms with Gasteiger partial charge in [0.05, 0.1) is 6.42 Å². The van der Waals surface area contributed by atoms with Crippen molar-refractivity contribution in [2.75, 3.05) is 6.54 Å². The van der Waals surface area contributed by atoms with Gasteiger partial charge in [0.15, 0.2) is 0 Å². The second-order valence-electron chi connectivity index (χ2n) is 3.74. The third-order valence-electron chi connectivity index (χ3n) is 2.39. The maximum atomic E-state index is 13.2. The number of halogens is 1. The Kier molecular flexibility index (Phi) is 4.92. The van der Waals surface area contributed by atoms with Crippen LogP contribution in [0.5, 0.6) is 0 Å². The van der Waals surface area contributed by atoms with E-state index in [1.165, 1.54) is 6.07 Å². The van der Waals surface area contributed by atoms with Gasteiger partial charge in [-0.2, -0.15) is 0 Å². The fraction of sp³-hybridized carbons (Fsp3) is 0.417. The quantitative estimate of drug-likeness (QED) is 0.790. The molecule has 1 atom stereocenters. The molecule has 1 aromatic rings. The first kappa shape index (κ1) is 12.6. The predicted molar refractivity (Wildman–Crippen MR) is 61.4 cm³/mol. The Hall–Kier alpha value is -1.42.